The van der Waals surface area contributed by atoms with Crippen molar-refractivity contribution in [3.63, 3.8) is 0 Å². The number of hydrogen-bond donors (Lipinski definition) is 2. The van der Waals surface area contributed by atoms with E-state index in [1.54, 1.807) is 0 Å². The molecule has 2 unspecified atom stereocenters. The highest BCUT2D eigenvalue weighted by molar-refractivity contribution is 5.81. The molecule has 2 rings (SSSR count). The lowest BCUT2D eigenvalue weighted by Gasteiger charge is -2.38. The van der Waals surface area contributed by atoms with Gasteiger partial charge in [0.15, 0.2) is 0 Å². The molecule has 1 saturated heterocycles. The molecule has 1 saturated carbocycles. The van der Waals surface area contributed by atoms with Crippen molar-refractivity contribution in [2.24, 2.45) is 5.92 Å². The van der Waals surface area contributed by atoms with E-state index >= 15 is 0 Å². The lowest BCUT2D eigenvalue weighted by molar-refractivity contribution is -0.127. The molecule has 0 aromatic heterocycles. The maximum atomic E-state index is 12.4. The van der Waals surface area contributed by atoms with Crippen molar-refractivity contribution in [3.8, 4) is 0 Å². The largest absolute Gasteiger partial charge is 0.352 e. The van der Waals surface area contributed by atoms with Gasteiger partial charge in [-0.25, -0.2) is 0 Å². The first-order valence-electron chi connectivity index (χ1n) is 8.83. The lowest BCUT2D eigenvalue weighted by atomic mass is 9.89. The molecule has 1 heterocycles. The Morgan fingerprint density at radius 2 is 1.67 bits per heavy atom. The summed E-state index contributed by atoms with van der Waals surface area (Å²) in [4.78, 5) is 14.8. The van der Waals surface area contributed by atoms with Crippen LogP contribution < -0.4 is 10.6 Å². The van der Waals surface area contributed by atoms with Crippen LogP contribution in [0.4, 0.5) is 0 Å². The summed E-state index contributed by atoms with van der Waals surface area (Å²) in [6.07, 6.45) is 8.60. The molecule has 1 amide bonds. The third-order valence-corrected chi connectivity index (χ3v) is 5.62. The number of hydrogen-bond acceptors (Lipinski definition) is 3. The number of rotatable bonds is 5. The fourth-order valence-corrected chi connectivity index (χ4v) is 3.78. The van der Waals surface area contributed by atoms with Crippen molar-refractivity contribution >= 4 is 5.91 Å². The number of likely N-dealkylation sites (tertiary alicyclic amines) is 1. The van der Waals surface area contributed by atoms with Crippen LogP contribution in [-0.2, 0) is 4.79 Å². The zero-order chi connectivity index (χ0) is 15.2. The number of nitrogens with zero attached hydrogens (tertiary/aromatic N) is 1. The van der Waals surface area contributed by atoms with Crippen molar-refractivity contribution in [2.75, 3.05) is 20.1 Å². The molecule has 0 spiro atoms. The molecule has 0 aromatic rings. The predicted octanol–water partition coefficient (Wildman–Crippen LogP) is 2.14. The highest BCUT2D eigenvalue weighted by Gasteiger charge is 2.29. The first-order valence-corrected chi connectivity index (χ1v) is 8.83. The minimum absolute atomic E-state index is 0.0257. The molecule has 122 valence electrons. The number of nitrogens with one attached hydrogen (secondary N) is 2. The van der Waals surface area contributed by atoms with Gasteiger partial charge in [-0.2, -0.15) is 0 Å². The summed E-state index contributed by atoms with van der Waals surface area (Å²) in [6.45, 7) is 6.44. The van der Waals surface area contributed by atoms with Gasteiger partial charge >= 0.3 is 0 Å². The maximum absolute atomic E-state index is 12.4. The van der Waals surface area contributed by atoms with Crippen LogP contribution in [0.5, 0.6) is 0 Å². The Hall–Kier alpha value is -0.610. The van der Waals surface area contributed by atoms with E-state index in [9.17, 15) is 4.79 Å². The number of piperidine rings is 1. The van der Waals surface area contributed by atoms with Crippen LogP contribution in [-0.4, -0.2) is 49.1 Å². The topological polar surface area (TPSA) is 44.4 Å². The average molecular weight is 295 g/mol. The van der Waals surface area contributed by atoms with Gasteiger partial charge in [-0.05, 0) is 65.6 Å². The third-order valence-electron chi connectivity index (χ3n) is 5.62. The monoisotopic (exact) mass is 295 g/mol. The van der Waals surface area contributed by atoms with Crippen LogP contribution >= 0.6 is 0 Å². The molecule has 2 atom stereocenters. The van der Waals surface area contributed by atoms with E-state index in [1.165, 1.54) is 44.9 Å². The molecular weight excluding hydrogens is 262 g/mol. The van der Waals surface area contributed by atoms with Gasteiger partial charge in [0.2, 0.25) is 5.91 Å². The van der Waals surface area contributed by atoms with Gasteiger partial charge in [0, 0.05) is 12.1 Å². The Kier molecular flexibility index (Phi) is 6.49. The van der Waals surface area contributed by atoms with E-state index in [1.807, 2.05) is 7.05 Å². The summed E-state index contributed by atoms with van der Waals surface area (Å²) in [5.41, 5.74) is 0. The standard InChI is InChI=1S/C17H33N3O/c1-13(18-3)15-9-11-20(12-10-15)14(2)17(21)19-16-7-5-4-6-8-16/h13-16,18H,4-12H2,1-3H3,(H,19,21). The Morgan fingerprint density at radius 3 is 2.24 bits per heavy atom. The van der Waals surface area contributed by atoms with Gasteiger partial charge < -0.3 is 10.6 Å². The van der Waals surface area contributed by atoms with Gasteiger partial charge in [0.25, 0.3) is 0 Å². The van der Waals surface area contributed by atoms with Crippen molar-refractivity contribution < 1.29 is 4.79 Å². The van der Waals surface area contributed by atoms with E-state index in [4.69, 9.17) is 0 Å². The Balaban J connectivity index is 1.75. The summed E-state index contributed by atoms with van der Waals surface area (Å²) in [7, 11) is 2.04. The number of carbonyl (C=O) groups excluding carboxylic acids is 1. The Bertz CT molecular complexity index is 320. The summed E-state index contributed by atoms with van der Waals surface area (Å²) in [5, 5.41) is 6.63. The van der Waals surface area contributed by atoms with Gasteiger partial charge in [-0.15, -0.1) is 0 Å². The summed E-state index contributed by atoms with van der Waals surface area (Å²) in [5.74, 6) is 0.988. The second kappa shape index (κ2) is 8.14. The van der Waals surface area contributed by atoms with Crippen LogP contribution in [0.3, 0.4) is 0 Å². The van der Waals surface area contributed by atoms with Crippen LogP contribution in [0.25, 0.3) is 0 Å². The van der Waals surface area contributed by atoms with Gasteiger partial charge in [0.05, 0.1) is 6.04 Å². The highest BCUT2D eigenvalue weighted by atomic mass is 16.2. The summed E-state index contributed by atoms with van der Waals surface area (Å²) in [6, 6.07) is 1.03. The minimum atomic E-state index is 0.0257. The Morgan fingerprint density at radius 1 is 1.05 bits per heavy atom. The van der Waals surface area contributed by atoms with E-state index in [0.717, 1.165) is 19.0 Å². The zero-order valence-corrected chi connectivity index (χ0v) is 14.0. The molecule has 0 radical (unpaired) electrons. The zero-order valence-electron chi connectivity index (χ0n) is 14.0. The van der Waals surface area contributed by atoms with Gasteiger partial charge in [-0.1, -0.05) is 19.3 Å². The lowest BCUT2D eigenvalue weighted by Crippen LogP contribution is -2.51. The Labute approximate surface area is 130 Å². The normalized spacial score (nSPS) is 25.5. The second-order valence-electron chi connectivity index (χ2n) is 6.97. The molecule has 1 aliphatic carbocycles. The first-order chi connectivity index (χ1) is 10.1. The van der Waals surface area contributed by atoms with Crippen molar-refractivity contribution in [2.45, 2.75) is 76.9 Å². The van der Waals surface area contributed by atoms with Gasteiger partial charge in [0.1, 0.15) is 0 Å². The molecular formula is C17H33N3O. The summed E-state index contributed by atoms with van der Waals surface area (Å²) < 4.78 is 0. The fourth-order valence-electron chi connectivity index (χ4n) is 3.78. The van der Waals surface area contributed by atoms with Crippen LogP contribution in [0.15, 0.2) is 0 Å². The van der Waals surface area contributed by atoms with Gasteiger partial charge in [-0.3, -0.25) is 9.69 Å². The number of amides is 1. The van der Waals surface area contributed by atoms with E-state index < -0.39 is 0 Å². The fraction of sp³-hybridized carbons (Fsp3) is 0.941. The molecule has 4 nitrogen and oxygen atoms in total. The van der Waals surface area contributed by atoms with Crippen LogP contribution in [0, 0.1) is 5.92 Å². The average Bonchev–Trinajstić information content (AvgIpc) is 2.54. The van der Waals surface area contributed by atoms with Crippen molar-refractivity contribution in [1.82, 2.24) is 15.5 Å². The van der Waals surface area contributed by atoms with Crippen LogP contribution in [0.2, 0.25) is 0 Å². The smallest absolute Gasteiger partial charge is 0.237 e. The molecule has 0 aromatic carbocycles. The predicted molar refractivity (Wildman–Crippen MR) is 87.3 cm³/mol. The quantitative estimate of drug-likeness (QED) is 0.817. The highest BCUT2D eigenvalue weighted by Crippen LogP contribution is 2.22. The molecule has 21 heavy (non-hydrogen) atoms. The molecule has 2 aliphatic rings. The summed E-state index contributed by atoms with van der Waals surface area (Å²) >= 11 is 0. The minimum Gasteiger partial charge on any atom is -0.352 e. The first kappa shape index (κ1) is 16.8. The van der Waals surface area contributed by atoms with Crippen molar-refractivity contribution in [3.05, 3.63) is 0 Å². The molecule has 0 bridgehead atoms. The molecule has 1 aliphatic heterocycles. The van der Waals surface area contributed by atoms with E-state index in [0.29, 0.717) is 12.1 Å². The molecule has 2 N–H and O–H groups in total. The molecule has 4 heteroatoms. The molecule has 2 fully saturated rings. The van der Waals surface area contributed by atoms with E-state index in [-0.39, 0.29) is 11.9 Å². The number of carbonyl (C=O) groups is 1. The van der Waals surface area contributed by atoms with E-state index in [2.05, 4.69) is 29.4 Å². The third kappa shape index (κ3) is 4.68. The second-order valence-corrected chi connectivity index (χ2v) is 6.97. The van der Waals surface area contributed by atoms with Crippen LogP contribution in [0.1, 0.15) is 58.8 Å². The maximum Gasteiger partial charge on any atom is 0.237 e. The SMILES string of the molecule is CNC(C)C1CCN(C(C)C(=O)NC2CCCCC2)CC1. The van der Waals surface area contributed by atoms with Crippen molar-refractivity contribution in [1.29, 1.82) is 0 Å².